The summed E-state index contributed by atoms with van der Waals surface area (Å²) in [6.07, 6.45) is 7.09. The summed E-state index contributed by atoms with van der Waals surface area (Å²) in [5.41, 5.74) is 2.08. The molecule has 0 radical (unpaired) electrons. The van der Waals surface area contributed by atoms with E-state index in [4.69, 9.17) is 0 Å². The lowest BCUT2D eigenvalue weighted by atomic mass is 9.84. The molecule has 23 heavy (non-hydrogen) atoms. The fourth-order valence-corrected chi connectivity index (χ4v) is 3.08. The molecule has 0 saturated carbocycles. The Morgan fingerprint density at radius 2 is 1.30 bits per heavy atom. The predicted molar refractivity (Wildman–Crippen MR) is 108 cm³/mol. The van der Waals surface area contributed by atoms with Crippen molar-refractivity contribution in [2.24, 2.45) is 5.41 Å². The molecule has 1 aromatic rings. The van der Waals surface area contributed by atoms with Gasteiger partial charge in [-0.25, -0.2) is 0 Å². The fourth-order valence-electron chi connectivity index (χ4n) is 2.70. The predicted octanol–water partition coefficient (Wildman–Crippen LogP) is 6.39. The Balaban J connectivity index is 2.63. The van der Waals surface area contributed by atoms with Crippen molar-refractivity contribution < 1.29 is 10.2 Å². The van der Waals surface area contributed by atoms with E-state index in [1.54, 1.807) is 0 Å². The van der Waals surface area contributed by atoms with Crippen molar-refractivity contribution in [2.75, 3.05) is 0 Å². The zero-order chi connectivity index (χ0) is 17.7. The van der Waals surface area contributed by atoms with Crippen LogP contribution in [0.2, 0.25) is 0 Å². The molecule has 0 atom stereocenters. The molecule has 0 aliphatic carbocycles. The zero-order valence-corrected chi connectivity index (χ0v) is 17.5. The number of phenols is 2. The third-order valence-corrected chi connectivity index (χ3v) is 5.33. The summed E-state index contributed by atoms with van der Waals surface area (Å²) in [4.78, 5) is 0. The Bertz CT molecular complexity index is 501. The second kappa shape index (κ2) is 8.59. The molecule has 2 N–H and O–H groups in total. The van der Waals surface area contributed by atoms with E-state index in [9.17, 15) is 10.2 Å². The van der Waals surface area contributed by atoms with Gasteiger partial charge in [0.25, 0.3) is 0 Å². The van der Waals surface area contributed by atoms with Gasteiger partial charge in [-0.05, 0) is 55.1 Å². The highest BCUT2D eigenvalue weighted by atomic mass is 127. The van der Waals surface area contributed by atoms with E-state index in [1.165, 1.54) is 0 Å². The first-order chi connectivity index (χ1) is 10.6. The Hall–Kier alpha value is -0.450. The lowest BCUT2D eigenvalue weighted by molar-refractivity contribution is 0.312. The van der Waals surface area contributed by atoms with Gasteiger partial charge in [-0.15, -0.1) is 0 Å². The van der Waals surface area contributed by atoms with Gasteiger partial charge in [0.1, 0.15) is 0 Å². The molecule has 1 rings (SSSR count). The highest BCUT2D eigenvalue weighted by Crippen LogP contribution is 2.36. The quantitative estimate of drug-likeness (QED) is 0.270. The van der Waals surface area contributed by atoms with Crippen LogP contribution in [-0.4, -0.2) is 13.6 Å². The van der Waals surface area contributed by atoms with Crippen LogP contribution in [0.4, 0.5) is 0 Å². The molecule has 0 unspecified atom stereocenters. The van der Waals surface area contributed by atoms with Gasteiger partial charge in [-0.1, -0.05) is 75.8 Å². The number of aryl methyl sites for hydroxylation is 2. The minimum atomic E-state index is 0.0866. The van der Waals surface area contributed by atoms with Gasteiger partial charge >= 0.3 is 0 Å². The van der Waals surface area contributed by atoms with E-state index in [0.29, 0.717) is 5.41 Å². The van der Waals surface area contributed by atoms with Gasteiger partial charge < -0.3 is 10.2 Å². The highest BCUT2D eigenvalue weighted by Gasteiger charge is 2.17. The minimum absolute atomic E-state index is 0.0866. The van der Waals surface area contributed by atoms with Gasteiger partial charge in [-0.2, -0.15) is 0 Å². The summed E-state index contributed by atoms with van der Waals surface area (Å²) in [5, 5.41) is 20.5. The van der Waals surface area contributed by atoms with Gasteiger partial charge in [0.15, 0.2) is 11.5 Å². The van der Waals surface area contributed by atoms with Crippen LogP contribution in [0, 0.1) is 5.41 Å². The Morgan fingerprint density at radius 1 is 0.870 bits per heavy atom. The van der Waals surface area contributed by atoms with Crippen molar-refractivity contribution in [1.29, 1.82) is 0 Å². The first-order valence-corrected chi connectivity index (χ1v) is 9.85. The molecular weight excluding hydrogens is 399 g/mol. The Morgan fingerprint density at radius 3 is 1.70 bits per heavy atom. The molecule has 1 aromatic carbocycles. The highest BCUT2D eigenvalue weighted by molar-refractivity contribution is 14.1. The van der Waals surface area contributed by atoms with E-state index in [-0.39, 0.29) is 14.9 Å². The summed E-state index contributed by atoms with van der Waals surface area (Å²) in [5.74, 6) is 0.175. The third kappa shape index (κ3) is 7.32. The van der Waals surface area contributed by atoms with Crippen LogP contribution in [0.15, 0.2) is 12.1 Å². The number of alkyl halides is 1. The molecule has 0 spiro atoms. The molecule has 2 nitrogen and oxygen atoms in total. The standard InChI is InChI=1S/C20H33IO2/c1-6-19(2,3)13-7-9-15-11-12-16(18(23)17(15)22)10-8-14-20(4,5)21/h11-12,22-23H,6-10,13-14H2,1-5H3. The largest absolute Gasteiger partial charge is 0.504 e. The number of halogens is 1. The molecule has 132 valence electrons. The zero-order valence-electron chi connectivity index (χ0n) is 15.4. The average molecular weight is 432 g/mol. The van der Waals surface area contributed by atoms with Crippen LogP contribution in [0.1, 0.15) is 77.8 Å². The van der Waals surface area contributed by atoms with Gasteiger partial charge in [0, 0.05) is 3.42 Å². The van der Waals surface area contributed by atoms with Crippen molar-refractivity contribution in [3.05, 3.63) is 23.3 Å². The first kappa shape index (κ1) is 20.6. The van der Waals surface area contributed by atoms with Crippen molar-refractivity contribution in [3.8, 4) is 11.5 Å². The number of phenolic OH excluding ortho intramolecular Hbond substituents is 2. The maximum atomic E-state index is 10.3. The van der Waals surface area contributed by atoms with E-state index < -0.39 is 0 Å². The molecule has 0 bridgehead atoms. The van der Waals surface area contributed by atoms with Crippen LogP contribution in [-0.2, 0) is 12.8 Å². The van der Waals surface area contributed by atoms with Crippen LogP contribution in [0.3, 0.4) is 0 Å². The summed E-state index contributed by atoms with van der Waals surface area (Å²) in [6.45, 7) is 11.2. The molecule has 0 aliphatic heterocycles. The number of hydrogen-bond acceptors (Lipinski definition) is 2. The second-order valence-corrected chi connectivity index (χ2v) is 10.9. The van der Waals surface area contributed by atoms with Crippen molar-refractivity contribution in [2.45, 2.75) is 83.0 Å². The minimum Gasteiger partial charge on any atom is -0.504 e. The average Bonchev–Trinajstić information content (AvgIpc) is 2.44. The summed E-state index contributed by atoms with van der Waals surface area (Å²) >= 11 is 2.45. The molecule has 0 heterocycles. The molecular formula is C20H33IO2. The molecule has 0 fully saturated rings. The molecule has 0 aliphatic rings. The van der Waals surface area contributed by atoms with E-state index in [1.807, 2.05) is 12.1 Å². The number of hydrogen-bond donors (Lipinski definition) is 2. The van der Waals surface area contributed by atoms with Crippen LogP contribution in [0.5, 0.6) is 11.5 Å². The van der Waals surface area contributed by atoms with Crippen molar-refractivity contribution in [3.63, 3.8) is 0 Å². The smallest absolute Gasteiger partial charge is 0.160 e. The number of aromatic hydroxyl groups is 2. The third-order valence-electron chi connectivity index (χ3n) is 4.79. The van der Waals surface area contributed by atoms with Gasteiger partial charge in [-0.3, -0.25) is 0 Å². The Kier molecular flexibility index (Phi) is 7.69. The fraction of sp³-hybridized carbons (Fsp3) is 0.700. The van der Waals surface area contributed by atoms with Crippen molar-refractivity contribution in [1.82, 2.24) is 0 Å². The van der Waals surface area contributed by atoms with Gasteiger partial charge in [0.05, 0.1) is 0 Å². The summed E-state index contributed by atoms with van der Waals surface area (Å²) in [6, 6.07) is 3.97. The molecule has 3 heteroatoms. The SMILES string of the molecule is CCC(C)(C)CCCc1ccc(CCCC(C)(C)I)c(O)c1O. The number of benzene rings is 1. The second-order valence-electron chi connectivity index (χ2n) is 8.02. The molecule has 0 aromatic heterocycles. The molecule has 0 amide bonds. The first-order valence-electron chi connectivity index (χ1n) is 8.77. The Labute approximate surface area is 155 Å². The van der Waals surface area contributed by atoms with Crippen molar-refractivity contribution >= 4 is 22.6 Å². The summed E-state index contributed by atoms with van der Waals surface area (Å²) < 4.78 is 0.279. The van der Waals surface area contributed by atoms with Crippen LogP contribution in [0.25, 0.3) is 0 Å². The van der Waals surface area contributed by atoms with E-state index in [0.717, 1.165) is 56.1 Å². The van der Waals surface area contributed by atoms with E-state index >= 15 is 0 Å². The summed E-state index contributed by atoms with van der Waals surface area (Å²) in [7, 11) is 0. The van der Waals surface area contributed by atoms with E-state index in [2.05, 4.69) is 57.2 Å². The monoisotopic (exact) mass is 432 g/mol. The van der Waals surface area contributed by atoms with Gasteiger partial charge in [0.2, 0.25) is 0 Å². The lowest BCUT2D eigenvalue weighted by Gasteiger charge is -2.22. The van der Waals surface area contributed by atoms with Crippen LogP contribution >= 0.6 is 22.6 Å². The normalized spacial score (nSPS) is 12.6. The maximum absolute atomic E-state index is 10.3. The number of rotatable bonds is 9. The maximum Gasteiger partial charge on any atom is 0.160 e. The lowest BCUT2D eigenvalue weighted by Crippen LogP contribution is -2.09. The van der Waals surface area contributed by atoms with Crippen LogP contribution < -0.4 is 0 Å². The topological polar surface area (TPSA) is 40.5 Å². The molecule has 0 saturated heterocycles.